The molecule has 1 heterocycles. The molecule has 94 valence electrons. The first-order valence-corrected chi connectivity index (χ1v) is 6.57. The number of nitrogens with two attached hydrogens (primary N) is 1. The highest BCUT2D eigenvalue weighted by atomic mass is 15.0. The third-order valence-electron chi connectivity index (χ3n) is 3.73. The van der Waals surface area contributed by atoms with E-state index in [1.807, 2.05) is 18.2 Å². The minimum absolute atomic E-state index is 0.749. The molecule has 0 atom stereocenters. The summed E-state index contributed by atoms with van der Waals surface area (Å²) in [5.41, 5.74) is 7.50. The van der Waals surface area contributed by atoms with Gasteiger partial charge in [-0.1, -0.05) is 19.3 Å². The molecule has 3 rings (SSSR count). The summed E-state index contributed by atoms with van der Waals surface area (Å²) in [5.74, 6) is 1.81. The van der Waals surface area contributed by atoms with Crippen molar-refractivity contribution in [2.24, 2.45) is 5.92 Å². The Morgan fingerprint density at radius 2 is 2.17 bits per heavy atom. The number of hydrogen-bond donors (Lipinski definition) is 2. The standard InChI is InChI=1S/C14H18N4/c15-11-4-5-13-12(8-11)14(18-9-17-13)16-7-6-10-2-1-3-10/h4-5,8-10H,1-3,6-7,15H2,(H,16,17,18). The molecule has 1 aliphatic rings. The van der Waals surface area contributed by atoms with Gasteiger partial charge in [0.15, 0.2) is 0 Å². The molecule has 0 saturated heterocycles. The molecule has 4 heteroatoms. The fourth-order valence-electron chi connectivity index (χ4n) is 2.39. The molecule has 1 saturated carbocycles. The van der Waals surface area contributed by atoms with Crippen molar-refractivity contribution >= 4 is 22.4 Å². The van der Waals surface area contributed by atoms with Crippen molar-refractivity contribution < 1.29 is 0 Å². The average molecular weight is 242 g/mol. The number of fused-ring (bicyclic) bond motifs is 1. The van der Waals surface area contributed by atoms with Gasteiger partial charge in [0.25, 0.3) is 0 Å². The summed E-state index contributed by atoms with van der Waals surface area (Å²) in [4.78, 5) is 8.56. The number of nitrogens with one attached hydrogen (secondary N) is 1. The monoisotopic (exact) mass is 242 g/mol. The summed E-state index contributed by atoms with van der Waals surface area (Å²) >= 11 is 0. The van der Waals surface area contributed by atoms with Gasteiger partial charge in [-0.25, -0.2) is 9.97 Å². The lowest BCUT2D eigenvalue weighted by Gasteiger charge is -2.25. The largest absolute Gasteiger partial charge is 0.399 e. The summed E-state index contributed by atoms with van der Waals surface area (Å²) in [6.45, 7) is 0.978. The van der Waals surface area contributed by atoms with Gasteiger partial charge in [0, 0.05) is 17.6 Å². The van der Waals surface area contributed by atoms with E-state index in [9.17, 15) is 0 Å². The van der Waals surface area contributed by atoms with E-state index in [4.69, 9.17) is 5.73 Å². The molecular weight excluding hydrogens is 224 g/mol. The second-order valence-electron chi connectivity index (χ2n) is 5.01. The number of aromatic nitrogens is 2. The van der Waals surface area contributed by atoms with E-state index < -0.39 is 0 Å². The van der Waals surface area contributed by atoms with Crippen LogP contribution < -0.4 is 11.1 Å². The van der Waals surface area contributed by atoms with Crippen LogP contribution in [-0.4, -0.2) is 16.5 Å². The molecule has 1 fully saturated rings. The zero-order valence-electron chi connectivity index (χ0n) is 10.4. The molecule has 0 aliphatic heterocycles. The van der Waals surface area contributed by atoms with Crippen LogP contribution in [0.15, 0.2) is 24.5 Å². The first-order valence-electron chi connectivity index (χ1n) is 6.57. The zero-order valence-corrected chi connectivity index (χ0v) is 10.4. The van der Waals surface area contributed by atoms with Crippen LogP contribution in [0.5, 0.6) is 0 Å². The molecule has 1 aromatic heterocycles. The van der Waals surface area contributed by atoms with Crippen molar-refractivity contribution in [2.75, 3.05) is 17.6 Å². The van der Waals surface area contributed by atoms with Gasteiger partial charge in [0.05, 0.1) is 5.52 Å². The lowest BCUT2D eigenvalue weighted by molar-refractivity contribution is 0.303. The lowest BCUT2D eigenvalue weighted by atomic mass is 9.83. The van der Waals surface area contributed by atoms with Crippen LogP contribution in [0, 0.1) is 5.92 Å². The molecule has 18 heavy (non-hydrogen) atoms. The van der Waals surface area contributed by atoms with Gasteiger partial charge >= 0.3 is 0 Å². The average Bonchev–Trinajstić information content (AvgIpc) is 2.32. The van der Waals surface area contributed by atoms with Crippen LogP contribution in [-0.2, 0) is 0 Å². The van der Waals surface area contributed by atoms with Gasteiger partial charge in [-0.3, -0.25) is 0 Å². The normalized spacial score (nSPS) is 15.6. The number of hydrogen-bond acceptors (Lipinski definition) is 4. The second kappa shape index (κ2) is 4.80. The molecule has 1 aliphatic carbocycles. The van der Waals surface area contributed by atoms with E-state index in [0.717, 1.165) is 34.9 Å². The quantitative estimate of drug-likeness (QED) is 0.809. The van der Waals surface area contributed by atoms with Crippen molar-refractivity contribution in [3.05, 3.63) is 24.5 Å². The third-order valence-corrected chi connectivity index (χ3v) is 3.73. The van der Waals surface area contributed by atoms with E-state index in [1.165, 1.54) is 25.7 Å². The second-order valence-corrected chi connectivity index (χ2v) is 5.01. The predicted octanol–water partition coefficient (Wildman–Crippen LogP) is 2.81. The number of benzene rings is 1. The first-order chi connectivity index (χ1) is 8.83. The summed E-state index contributed by atoms with van der Waals surface area (Å²) in [6.07, 6.45) is 7.01. The van der Waals surface area contributed by atoms with Crippen molar-refractivity contribution in [1.29, 1.82) is 0 Å². The highest BCUT2D eigenvalue weighted by Gasteiger charge is 2.16. The molecule has 4 nitrogen and oxygen atoms in total. The SMILES string of the molecule is Nc1ccc2ncnc(NCCC3CCC3)c2c1. The Labute approximate surface area is 107 Å². The molecule has 0 bridgehead atoms. The minimum atomic E-state index is 0.749. The first kappa shape index (κ1) is 11.3. The summed E-state index contributed by atoms with van der Waals surface area (Å²) in [7, 11) is 0. The van der Waals surface area contributed by atoms with E-state index in [-0.39, 0.29) is 0 Å². The van der Waals surface area contributed by atoms with E-state index in [2.05, 4.69) is 15.3 Å². The van der Waals surface area contributed by atoms with Crippen molar-refractivity contribution in [1.82, 2.24) is 9.97 Å². The fraction of sp³-hybridized carbons (Fsp3) is 0.429. The van der Waals surface area contributed by atoms with E-state index in [1.54, 1.807) is 6.33 Å². The van der Waals surface area contributed by atoms with Gasteiger partial charge in [-0.2, -0.15) is 0 Å². The fourth-order valence-corrected chi connectivity index (χ4v) is 2.39. The van der Waals surface area contributed by atoms with E-state index >= 15 is 0 Å². The maximum Gasteiger partial charge on any atom is 0.137 e. The van der Waals surface area contributed by atoms with Crippen LogP contribution in [0.4, 0.5) is 11.5 Å². The van der Waals surface area contributed by atoms with Gasteiger partial charge in [0.2, 0.25) is 0 Å². The maximum absolute atomic E-state index is 5.82. The molecule has 0 unspecified atom stereocenters. The van der Waals surface area contributed by atoms with Crippen molar-refractivity contribution in [2.45, 2.75) is 25.7 Å². The molecule has 1 aromatic carbocycles. The molecule has 2 aromatic rings. The summed E-state index contributed by atoms with van der Waals surface area (Å²) in [6, 6.07) is 5.73. The number of rotatable bonds is 4. The Bertz CT molecular complexity index is 548. The highest BCUT2D eigenvalue weighted by Crippen LogP contribution is 2.29. The Balaban J connectivity index is 1.75. The van der Waals surface area contributed by atoms with Crippen LogP contribution in [0.2, 0.25) is 0 Å². The zero-order chi connectivity index (χ0) is 12.4. The molecule has 0 radical (unpaired) electrons. The van der Waals surface area contributed by atoms with Crippen molar-refractivity contribution in [3.63, 3.8) is 0 Å². The van der Waals surface area contributed by atoms with Gasteiger partial charge in [-0.05, 0) is 30.5 Å². The molecular formula is C14H18N4. The molecule has 0 spiro atoms. The van der Waals surface area contributed by atoms with Crippen LogP contribution >= 0.6 is 0 Å². The van der Waals surface area contributed by atoms with Crippen LogP contribution in [0.1, 0.15) is 25.7 Å². The van der Waals surface area contributed by atoms with Gasteiger partial charge in [-0.15, -0.1) is 0 Å². The number of nitrogen functional groups attached to an aromatic ring is 1. The lowest BCUT2D eigenvalue weighted by Crippen LogP contribution is -2.16. The third kappa shape index (κ3) is 2.23. The van der Waals surface area contributed by atoms with Crippen LogP contribution in [0.25, 0.3) is 10.9 Å². The summed E-state index contributed by atoms with van der Waals surface area (Å²) < 4.78 is 0. The Hall–Kier alpha value is -1.84. The van der Waals surface area contributed by atoms with Crippen molar-refractivity contribution in [3.8, 4) is 0 Å². The smallest absolute Gasteiger partial charge is 0.137 e. The Kier molecular flexibility index (Phi) is 3.00. The number of nitrogens with zero attached hydrogens (tertiary/aromatic N) is 2. The minimum Gasteiger partial charge on any atom is -0.399 e. The molecule has 3 N–H and O–H groups in total. The predicted molar refractivity (Wildman–Crippen MR) is 74.4 cm³/mol. The molecule has 0 amide bonds. The van der Waals surface area contributed by atoms with Gasteiger partial charge in [0.1, 0.15) is 12.1 Å². The number of anilines is 2. The van der Waals surface area contributed by atoms with E-state index in [0.29, 0.717) is 0 Å². The Morgan fingerprint density at radius 3 is 2.94 bits per heavy atom. The maximum atomic E-state index is 5.82. The summed E-state index contributed by atoms with van der Waals surface area (Å²) in [5, 5.41) is 4.41. The topological polar surface area (TPSA) is 63.8 Å². The Morgan fingerprint density at radius 1 is 1.28 bits per heavy atom. The van der Waals surface area contributed by atoms with Gasteiger partial charge < -0.3 is 11.1 Å². The highest BCUT2D eigenvalue weighted by molar-refractivity contribution is 5.91. The van der Waals surface area contributed by atoms with Crippen LogP contribution in [0.3, 0.4) is 0 Å².